The van der Waals surface area contributed by atoms with E-state index in [1.807, 2.05) is 6.20 Å². The number of hydrogen-bond donors (Lipinski definition) is 2. The molecule has 0 saturated carbocycles. The van der Waals surface area contributed by atoms with E-state index in [9.17, 15) is 4.79 Å². The minimum absolute atomic E-state index is 0.0577. The number of thiazole rings is 1. The highest BCUT2D eigenvalue weighted by Gasteiger charge is 2.20. The zero-order valence-corrected chi connectivity index (χ0v) is 11.5. The van der Waals surface area contributed by atoms with Gasteiger partial charge >= 0.3 is 0 Å². The fraction of sp³-hybridized carbons (Fsp3) is 0.667. The Balaban J connectivity index is 1.81. The SMILES string of the molecule is CC(=O)NCC1CCCN(Cc2cnc(N)s2)C1. The van der Waals surface area contributed by atoms with Gasteiger partial charge in [0.25, 0.3) is 0 Å². The first-order valence-corrected chi connectivity index (χ1v) is 7.12. The number of rotatable bonds is 4. The number of piperidine rings is 1. The summed E-state index contributed by atoms with van der Waals surface area (Å²) in [6, 6.07) is 0. The average molecular weight is 268 g/mol. The Bertz CT molecular complexity index is 407. The van der Waals surface area contributed by atoms with Gasteiger partial charge in [0.1, 0.15) is 0 Å². The Labute approximate surface area is 111 Å². The summed E-state index contributed by atoms with van der Waals surface area (Å²) in [7, 11) is 0. The van der Waals surface area contributed by atoms with Crippen LogP contribution in [0.2, 0.25) is 0 Å². The van der Waals surface area contributed by atoms with Gasteiger partial charge in [-0.3, -0.25) is 9.69 Å². The van der Waals surface area contributed by atoms with E-state index in [-0.39, 0.29) is 5.91 Å². The standard InChI is InChI=1S/C12H20N4OS/c1-9(17)14-5-10-3-2-4-16(7-10)8-11-6-15-12(13)18-11/h6,10H,2-5,7-8H2,1H3,(H2,13,15)(H,14,17). The Morgan fingerprint density at radius 3 is 3.22 bits per heavy atom. The van der Waals surface area contributed by atoms with Crippen molar-refractivity contribution < 1.29 is 4.79 Å². The number of nitrogen functional groups attached to an aromatic ring is 1. The third-order valence-corrected chi connectivity index (χ3v) is 4.00. The maximum atomic E-state index is 10.9. The van der Waals surface area contributed by atoms with Crippen LogP contribution in [0.1, 0.15) is 24.6 Å². The molecular weight excluding hydrogens is 248 g/mol. The van der Waals surface area contributed by atoms with E-state index >= 15 is 0 Å². The fourth-order valence-electron chi connectivity index (χ4n) is 2.37. The molecule has 0 aromatic carbocycles. The summed E-state index contributed by atoms with van der Waals surface area (Å²) in [6.45, 7) is 5.44. The number of nitrogens with two attached hydrogens (primary N) is 1. The minimum atomic E-state index is 0.0577. The Morgan fingerprint density at radius 1 is 1.72 bits per heavy atom. The number of nitrogens with zero attached hydrogens (tertiary/aromatic N) is 2. The smallest absolute Gasteiger partial charge is 0.216 e. The highest BCUT2D eigenvalue weighted by Crippen LogP contribution is 2.21. The number of carbonyl (C=O) groups is 1. The maximum Gasteiger partial charge on any atom is 0.216 e. The third kappa shape index (κ3) is 3.96. The van der Waals surface area contributed by atoms with Gasteiger partial charge in [-0.15, -0.1) is 11.3 Å². The molecule has 1 unspecified atom stereocenters. The second-order valence-electron chi connectivity index (χ2n) is 4.85. The molecule has 1 atom stereocenters. The summed E-state index contributed by atoms with van der Waals surface area (Å²) >= 11 is 1.56. The first-order valence-electron chi connectivity index (χ1n) is 6.30. The number of aromatic nitrogens is 1. The maximum absolute atomic E-state index is 10.9. The summed E-state index contributed by atoms with van der Waals surface area (Å²) < 4.78 is 0. The lowest BCUT2D eigenvalue weighted by Gasteiger charge is -2.32. The van der Waals surface area contributed by atoms with Gasteiger partial charge in [0.05, 0.1) is 0 Å². The lowest BCUT2D eigenvalue weighted by atomic mass is 9.98. The van der Waals surface area contributed by atoms with Gasteiger partial charge in [0.15, 0.2) is 5.13 Å². The van der Waals surface area contributed by atoms with Gasteiger partial charge in [-0.2, -0.15) is 0 Å². The highest BCUT2D eigenvalue weighted by molar-refractivity contribution is 7.15. The topological polar surface area (TPSA) is 71.2 Å². The molecule has 0 aliphatic carbocycles. The quantitative estimate of drug-likeness (QED) is 0.857. The van der Waals surface area contributed by atoms with Crippen molar-refractivity contribution in [3.05, 3.63) is 11.1 Å². The van der Waals surface area contributed by atoms with Crippen LogP contribution in [0, 0.1) is 5.92 Å². The number of amides is 1. The highest BCUT2D eigenvalue weighted by atomic mass is 32.1. The van der Waals surface area contributed by atoms with Crippen LogP contribution in [-0.2, 0) is 11.3 Å². The molecule has 0 radical (unpaired) electrons. The second-order valence-corrected chi connectivity index (χ2v) is 5.99. The van der Waals surface area contributed by atoms with E-state index in [2.05, 4.69) is 15.2 Å². The van der Waals surface area contributed by atoms with Crippen molar-refractivity contribution in [2.75, 3.05) is 25.4 Å². The first-order chi connectivity index (χ1) is 8.63. The molecule has 1 aliphatic heterocycles. The number of carbonyl (C=O) groups excluding carboxylic acids is 1. The summed E-state index contributed by atoms with van der Waals surface area (Å²) in [5, 5.41) is 3.54. The van der Waals surface area contributed by atoms with Crippen molar-refractivity contribution >= 4 is 22.4 Å². The molecule has 100 valence electrons. The third-order valence-electron chi connectivity index (χ3n) is 3.19. The normalized spacial score (nSPS) is 20.8. The van der Waals surface area contributed by atoms with E-state index in [0.29, 0.717) is 11.0 Å². The molecule has 1 aromatic heterocycles. The molecule has 1 aliphatic rings. The van der Waals surface area contributed by atoms with E-state index in [4.69, 9.17) is 5.73 Å². The minimum Gasteiger partial charge on any atom is -0.375 e. The molecule has 6 heteroatoms. The van der Waals surface area contributed by atoms with Crippen LogP contribution in [0.4, 0.5) is 5.13 Å². The molecule has 0 spiro atoms. The van der Waals surface area contributed by atoms with Crippen molar-refractivity contribution in [1.29, 1.82) is 0 Å². The molecule has 1 fully saturated rings. The van der Waals surface area contributed by atoms with E-state index < -0.39 is 0 Å². The van der Waals surface area contributed by atoms with E-state index in [1.165, 1.54) is 17.7 Å². The predicted octanol–water partition coefficient (Wildman–Crippen LogP) is 1.07. The fourth-order valence-corrected chi connectivity index (χ4v) is 3.09. The lowest BCUT2D eigenvalue weighted by molar-refractivity contribution is -0.119. The molecule has 2 heterocycles. The molecule has 5 nitrogen and oxygen atoms in total. The van der Waals surface area contributed by atoms with Gasteiger partial charge in [-0.05, 0) is 25.3 Å². The van der Waals surface area contributed by atoms with Gasteiger partial charge in [0.2, 0.25) is 5.91 Å². The number of hydrogen-bond acceptors (Lipinski definition) is 5. The lowest BCUT2D eigenvalue weighted by Crippen LogP contribution is -2.40. The number of anilines is 1. The summed E-state index contributed by atoms with van der Waals surface area (Å²) in [5.74, 6) is 0.621. The molecule has 2 rings (SSSR count). The van der Waals surface area contributed by atoms with Crippen LogP contribution in [0.5, 0.6) is 0 Å². The molecule has 0 bridgehead atoms. The summed E-state index contributed by atoms with van der Waals surface area (Å²) in [6.07, 6.45) is 4.25. The Kier molecular flexibility index (Phi) is 4.54. The van der Waals surface area contributed by atoms with Crippen LogP contribution in [0.3, 0.4) is 0 Å². The van der Waals surface area contributed by atoms with E-state index in [1.54, 1.807) is 18.3 Å². The Morgan fingerprint density at radius 2 is 2.56 bits per heavy atom. The Hall–Kier alpha value is -1.14. The van der Waals surface area contributed by atoms with Crippen LogP contribution >= 0.6 is 11.3 Å². The molecular formula is C12H20N4OS. The largest absolute Gasteiger partial charge is 0.375 e. The van der Waals surface area contributed by atoms with Crippen LogP contribution < -0.4 is 11.1 Å². The predicted molar refractivity (Wildman–Crippen MR) is 73.2 cm³/mol. The first kappa shape index (κ1) is 13.3. The van der Waals surface area contributed by atoms with Gasteiger partial charge in [-0.25, -0.2) is 4.98 Å². The molecule has 1 aromatic rings. The van der Waals surface area contributed by atoms with E-state index in [0.717, 1.165) is 26.2 Å². The van der Waals surface area contributed by atoms with Crippen LogP contribution in [0.25, 0.3) is 0 Å². The van der Waals surface area contributed by atoms with Crippen molar-refractivity contribution in [2.24, 2.45) is 5.92 Å². The number of likely N-dealkylation sites (tertiary alicyclic amines) is 1. The van der Waals surface area contributed by atoms with Gasteiger partial charge in [-0.1, -0.05) is 0 Å². The molecule has 1 saturated heterocycles. The van der Waals surface area contributed by atoms with Crippen molar-refractivity contribution in [3.63, 3.8) is 0 Å². The van der Waals surface area contributed by atoms with Gasteiger partial charge < -0.3 is 11.1 Å². The monoisotopic (exact) mass is 268 g/mol. The molecule has 1 amide bonds. The van der Waals surface area contributed by atoms with Crippen molar-refractivity contribution in [2.45, 2.75) is 26.3 Å². The summed E-state index contributed by atoms with van der Waals surface area (Å²) in [5.41, 5.74) is 5.63. The average Bonchev–Trinajstić information content (AvgIpc) is 2.73. The molecule has 3 N–H and O–H groups in total. The number of nitrogens with one attached hydrogen (secondary N) is 1. The van der Waals surface area contributed by atoms with Crippen LogP contribution in [0.15, 0.2) is 6.20 Å². The van der Waals surface area contributed by atoms with Crippen LogP contribution in [-0.4, -0.2) is 35.4 Å². The summed E-state index contributed by atoms with van der Waals surface area (Å²) in [4.78, 5) is 18.6. The van der Waals surface area contributed by atoms with Gasteiger partial charge in [0, 0.05) is 37.6 Å². The zero-order valence-electron chi connectivity index (χ0n) is 10.7. The second kappa shape index (κ2) is 6.15. The van der Waals surface area contributed by atoms with Crippen molar-refractivity contribution in [1.82, 2.24) is 15.2 Å². The van der Waals surface area contributed by atoms with Crippen molar-refractivity contribution in [3.8, 4) is 0 Å². The zero-order chi connectivity index (χ0) is 13.0. The molecule has 18 heavy (non-hydrogen) atoms.